The number of ketones is 1. The van der Waals surface area contributed by atoms with Gasteiger partial charge in [0.1, 0.15) is 11.5 Å². The molecule has 6 nitrogen and oxygen atoms in total. The van der Waals surface area contributed by atoms with Crippen molar-refractivity contribution < 1.29 is 24.2 Å². The number of hydrogen-bond acceptors (Lipinski definition) is 6. The molecule has 0 aliphatic carbocycles. The minimum absolute atomic E-state index is 0.1000. The topological polar surface area (TPSA) is 76.1 Å². The van der Waals surface area contributed by atoms with Crippen LogP contribution in [0.5, 0.6) is 5.75 Å². The smallest absolute Gasteiger partial charge is 0.295 e. The zero-order chi connectivity index (χ0) is 23.3. The highest BCUT2D eigenvalue weighted by molar-refractivity contribution is 7.10. The number of aliphatic hydroxyl groups excluding tert-OH is 1. The molecule has 2 heterocycles. The van der Waals surface area contributed by atoms with Crippen molar-refractivity contribution in [2.75, 3.05) is 19.8 Å². The fourth-order valence-corrected chi connectivity index (χ4v) is 4.76. The molecule has 0 saturated carbocycles. The summed E-state index contributed by atoms with van der Waals surface area (Å²) in [4.78, 5) is 28.5. The van der Waals surface area contributed by atoms with Gasteiger partial charge in [0.15, 0.2) is 0 Å². The van der Waals surface area contributed by atoms with E-state index in [4.69, 9.17) is 9.47 Å². The van der Waals surface area contributed by atoms with Crippen LogP contribution in [0.25, 0.3) is 5.76 Å². The second kappa shape index (κ2) is 10.8. The van der Waals surface area contributed by atoms with Crippen molar-refractivity contribution in [3.8, 4) is 5.75 Å². The van der Waals surface area contributed by atoms with Gasteiger partial charge < -0.3 is 19.5 Å². The summed E-state index contributed by atoms with van der Waals surface area (Å²) in [6.07, 6.45) is 1.56. The zero-order valence-corrected chi connectivity index (χ0v) is 19.9. The molecule has 1 aromatic carbocycles. The van der Waals surface area contributed by atoms with Crippen molar-refractivity contribution in [3.63, 3.8) is 0 Å². The van der Waals surface area contributed by atoms with Crippen LogP contribution in [-0.4, -0.2) is 47.6 Å². The van der Waals surface area contributed by atoms with Crippen LogP contribution in [0.4, 0.5) is 0 Å². The average Bonchev–Trinajstić information content (AvgIpc) is 3.30. The van der Waals surface area contributed by atoms with Crippen molar-refractivity contribution in [1.82, 2.24) is 4.90 Å². The predicted molar refractivity (Wildman–Crippen MR) is 126 cm³/mol. The minimum Gasteiger partial charge on any atom is -0.507 e. The van der Waals surface area contributed by atoms with Gasteiger partial charge in [0.25, 0.3) is 11.7 Å². The van der Waals surface area contributed by atoms with E-state index >= 15 is 0 Å². The molecule has 1 aromatic heterocycles. The third kappa shape index (κ3) is 5.22. The van der Waals surface area contributed by atoms with Crippen LogP contribution in [0.3, 0.4) is 0 Å². The highest BCUT2D eigenvalue weighted by Gasteiger charge is 2.46. The third-order valence-corrected chi connectivity index (χ3v) is 6.34. The van der Waals surface area contributed by atoms with E-state index in [2.05, 4.69) is 0 Å². The Balaban J connectivity index is 2.00. The van der Waals surface area contributed by atoms with E-state index in [1.807, 2.05) is 39.1 Å². The van der Waals surface area contributed by atoms with E-state index in [1.165, 1.54) is 11.3 Å². The first-order chi connectivity index (χ1) is 15.3. The molecule has 1 amide bonds. The molecular weight excluding hydrogens is 426 g/mol. The van der Waals surface area contributed by atoms with Crippen LogP contribution in [0, 0.1) is 6.92 Å². The van der Waals surface area contributed by atoms with Crippen LogP contribution in [0.1, 0.15) is 55.7 Å². The van der Waals surface area contributed by atoms with E-state index in [0.29, 0.717) is 37.5 Å². The molecular formula is C25H31NO5S. The Hall–Kier alpha value is -2.64. The molecule has 1 aliphatic heterocycles. The summed E-state index contributed by atoms with van der Waals surface area (Å²) in [7, 11) is 0. The fourth-order valence-electron chi connectivity index (χ4n) is 3.71. The number of carbonyl (C=O) groups excluding carboxylic acids is 2. The lowest BCUT2D eigenvalue weighted by molar-refractivity contribution is -0.140. The first kappa shape index (κ1) is 24.0. The van der Waals surface area contributed by atoms with Crippen molar-refractivity contribution in [2.45, 2.75) is 52.7 Å². The second-order valence-corrected chi connectivity index (χ2v) is 9.06. The molecule has 0 radical (unpaired) electrons. The van der Waals surface area contributed by atoms with Crippen LogP contribution in [0.2, 0.25) is 0 Å². The van der Waals surface area contributed by atoms with Gasteiger partial charge in [-0.2, -0.15) is 0 Å². The highest BCUT2D eigenvalue weighted by atomic mass is 32.1. The molecule has 1 aliphatic rings. The van der Waals surface area contributed by atoms with Gasteiger partial charge in [0.2, 0.25) is 0 Å². The number of aliphatic hydroxyl groups is 1. The molecule has 0 bridgehead atoms. The Labute approximate surface area is 193 Å². The van der Waals surface area contributed by atoms with Crippen molar-refractivity contribution >= 4 is 28.8 Å². The van der Waals surface area contributed by atoms with Gasteiger partial charge in [0.05, 0.1) is 24.3 Å². The van der Waals surface area contributed by atoms with E-state index in [9.17, 15) is 14.7 Å². The van der Waals surface area contributed by atoms with E-state index < -0.39 is 17.7 Å². The molecule has 1 saturated heterocycles. The molecule has 1 atom stereocenters. The van der Waals surface area contributed by atoms with Gasteiger partial charge in [0, 0.05) is 23.6 Å². The van der Waals surface area contributed by atoms with Crippen LogP contribution >= 0.6 is 11.3 Å². The van der Waals surface area contributed by atoms with Crippen LogP contribution in [-0.2, 0) is 14.3 Å². The molecule has 1 fully saturated rings. The number of hydrogen-bond donors (Lipinski definition) is 1. The Morgan fingerprint density at radius 3 is 2.66 bits per heavy atom. The average molecular weight is 458 g/mol. The number of benzene rings is 1. The maximum Gasteiger partial charge on any atom is 0.295 e. The first-order valence-electron chi connectivity index (χ1n) is 11.0. The number of nitrogens with zero attached hydrogens (tertiary/aromatic N) is 1. The monoisotopic (exact) mass is 457 g/mol. The van der Waals surface area contributed by atoms with Gasteiger partial charge in [-0.05, 0) is 62.8 Å². The van der Waals surface area contributed by atoms with Gasteiger partial charge in [-0.1, -0.05) is 19.1 Å². The largest absolute Gasteiger partial charge is 0.507 e. The molecule has 32 heavy (non-hydrogen) atoms. The lowest BCUT2D eigenvalue weighted by atomic mass is 9.98. The molecule has 172 valence electrons. The number of carbonyl (C=O) groups is 2. The lowest BCUT2D eigenvalue weighted by Gasteiger charge is -2.25. The summed E-state index contributed by atoms with van der Waals surface area (Å²) in [5.41, 5.74) is 1.56. The summed E-state index contributed by atoms with van der Waals surface area (Å²) in [5.74, 6) is -0.818. The number of thiophene rings is 1. The van der Waals surface area contributed by atoms with Gasteiger partial charge in [-0.3, -0.25) is 9.59 Å². The summed E-state index contributed by atoms with van der Waals surface area (Å²) < 4.78 is 11.3. The molecule has 3 rings (SSSR count). The van der Waals surface area contributed by atoms with E-state index in [0.717, 1.165) is 16.9 Å². The lowest BCUT2D eigenvalue weighted by Crippen LogP contribution is -2.31. The SMILES string of the molecule is CCCOc1cccc(/C(O)=C2/C(=O)C(=O)N(CCCOC(C)C)C2c2sccc2C)c1. The second-order valence-electron chi connectivity index (χ2n) is 8.11. The normalized spacial score (nSPS) is 18.0. The van der Waals surface area contributed by atoms with Gasteiger partial charge in [-0.15, -0.1) is 11.3 Å². The van der Waals surface area contributed by atoms with E-state index in [-0.39, 0.29) is 17.4 Å². The molecule has 7 heteroatoms. The Bertz CT molecular complexity index is 994. The Kier molecular flexibility index (Phi) is 8.10. The highest BCUT2D eigenvalue weighted by Crippen LogP contribution is 2.42. The zero-order valence-electron chi connectivity index (χ0n) is 19.1. The maximum atomic E-state index is 13.1. The quantitative estimate of drug-likeness (QED) is 0.233. The minimum atomic E-state index is -0.662. The van der Waals surface area contributed by atoms with Gasteiger partial charge >= 0.3 is 0 Å². The fraction of sp³-hybridized carbons (Fsp3) is 0.440. The number of aryl methyl sites for hydroxylation is 1. The third-order valence-electron chi connectivity index (χ3n) is 5.26. The Morgan fingerprint density at radius 2 is 2.00 bits per heavy atom. The van der Waals surface area contributed by atoms with Crippen LogP contribution < -0.4 is 4.74 Å². The standard InChI is InChI=1S/C25H31NO5S/c1-5-12-31-19-9-6-8-18(15-19)22(27)20-21(24-17(4)10-14-32-24)26(25(29)23(20)28)11-7-13-30-16(2)3/h6,8-10,14-16,21,27H,5,7,11-13H2,1-4H3/b22-20-. The summed E-state index contributed by atoms with van der Waals surface area (Å²) >= 11 is 1.48. The van der Waals surface area contributed by atoms with Gasteiger partial charge in [-0.25, -0.2) is 0 Å². The predicted octanol–water partition coefficient (Wildman–Crippen LogP) is 5.08. The molecule has 1 N–H and O–H groups in total. The van der Waals surface area contributed by atoms with Crippen molar-refractivity contribution in [2.24, 2.45) is 0 Å². The number of rotatable bonds is 10. The molecule has 0 spiro atoms. The number of amides is 1. The van der Waals surface area contributed by atoms with Crippen LogP contribution in [0.15, 0.2) is 41.3 Å². The van der Waals surface area contributed by atoms with Crippen molar-refractivity contribution in [1.29, 1.82) is 0 Å². The molecule has 2 aromatic rings. The summed E-state index contributed by atoms with van der Waals surface area (Å²) in [6.45, 7) is 9.30. The number of ether oxygens (including phenoxy) is 2. The number of likely N-dealkylation sites (tertiary alicyclic amines) is 1. The number of Topliss-reactive ketones (excluding diaryl/α,β-unsaturated/α-hetero) is 1. The summed E-state index contributed by atoms with van der Waals surface area (Å²) in [6, 6.07) is 8.34. The Morgan fingerprint density at radius 1 is 1.22 bits per heavy atom. The summed E-state index contributed by atoms with van der Waals surface area (Å²) in [5, 5.41) is 13.1. The first-order valence-corrected chi connectivity index (χ1v) is 11.9. The maximum absolute atomic E-state index is 13.1. The molecule has 1 unspecified atom stereocenters. The van der Waals surface area contributed by atoms with E-state index in [1.54, 1.807) is 29.2 Å². The van der Waals surface area contributed by atoms with Crippen molar-refractivity contribution in [3.05, 3.63) is 57.3 Å².